The van der Waals surface area contributed by atoms with Gasteiger partial charge in [0.05, 0.1) is 0 Å². The van der Waals surface area contributed by atoms with E-state index in [4.69, 9.17) is 17.0 Å². The summed E-state index contributed by atoms with van der Waals surface area (Å²) in [5.41, 5.74) is 8.47. The van der Waals surface area contributed by atoms with E-state index in [0.29, 0.717) is 6.54 Å². The van der Waals surface area contributed by atoms with Crippen LogP contribution in [0.4, 0.5) is 11.4 Å². The summed E-state index contributed by atoms with van der Waals surface area (Å²) >= 11 is 6.09. The second-order valence-electron chi connectivity index (χ2n) is 8.95. The molecule has 5 heteroatoms. The Kier molecular flexibility index (Phi) is 5.61. The molecule has 0 unspecified atom stereocenters. The van der Waals surface area contributed by atoms with Crippen molar-refractivity contribution in [3.8, 4) is 11.5 Å². The number of aryl methyl sites for hydroxylation is 2. The lowest BCUT2D eigenvalue weighted by Gasteiger charge is -2.45. The van der Waals surface area contributed by atoms with Crippen LogP contribution in [-0.2, 0) is 5.54 Å². The fourth-order valence-corrected chi connectivity index (χ4v) is 5.88. The highest BCUT2D eigenvalue weighted by molar-refractivity contribution is 7.80. The molecule has 5 rings (SSSR count). The standard InChI is InChI=1S/C29H31N3OS/c1-6-13-32-28(34)20-11-9-10-12-21(20)29(32)22-14-18(4)24(30-7-2)16-26(22)33-27-17-25(31-8-3)19(5)15-23(27)29/h6,9-12,14-17,30-31H,1,7-8,13H2,2-5H3. The molecule has 0 aliphatic carbocycles. The molecule has 3 aromatic rings. The van der Waals surface area contributed by atoms with Gasteiger partial charge in [0.2, 0.25) is 0 Å². The summed E-state index contributed by atoms with van der Waals surface area (Å²) in [6.45, 7) is 14.9. The number of thiocarbonyl (C=S) groups is 1. The molecule has 0 saturated carbocycles. The van der Waals surface area contributed by atoms with E-state index < -0.39 is 5.54 Å². The van der Waals surface area contributed by atoms with Gasteiger partial charge in [-0.05, 0) is 56.5 Å². The van der Waals surface area contributed by atoms with Crippen LogP contribution in [0.3, 0.4) is 0 Å². The minimum absolute atomic E-state index is 0.588. The molecule has 3 aromatic carbocycles. The lowest BCUT2D eigenvalue weighted by molar-refractivity contribution is 0.278. The minimum atomic E-state index is -0.588. The summed E-state index contributed by atoms with van der Waals surface area (Å²) < 4.78 is 6.65. The number of hydrogen-bond acceptors (Lipinski definition) is 4. The van der Waals surface area contributed by atoms with Gasteiger partial charge in [-0.15, -0.1) is 6.58 Å². The highest BCUT2D eigenvalue weighted by Crippen LogP contribution is 2.58. The van der Waals surface area contributed by atoms with Crippen molar-refractivity contribution in [3.05, 3.63) is 94.6 Å². The third-order valence-electron chi connectivity index (χ3n) is 6.90. The van der Waals surface area contributed by atoms with Crippen LogP contribution in [0, 0.1) is 13.8 Å². The fourth-order valence-electron chi connectivity index (χ4n) is 5.49. The maximum absolute atomic E-state index is 6.65. The van der Waals surface area contributed by atoms with E-state index in [9.17, 15) is 0 Å². The average Bonchev–Trinajstić information content (AvgIpc) is 3.06. The highest BCUT2D eigenvalue weighted by atomic mass is 32.1. The Bertz CT molecular complexity index is 1250. The number of rotatable bonds is 6. The fraction of sp³-hybridized carbons (Fsp3) is 0.276. The van der Waals surface area contributed by atoms with E-state index in [2.05, 4.69) is 98.3 Å². The zero-order valence-electron chi connectivity index (χ0n) is 20.3. The molecule has 0 atom stereocenters. The van der Waals surface area contributed by atoms with E-state index in [1.807, 2.05) is 6.08 Å². The average molecular weight is 470 g/mol. The third kappa shape index (κ3) is 3.07. The molecular formula is C29H31N3OS. The Morgan fingerprint density at radius 2 is 1.47 bits per heavy atom. The molecule has 2 aliphatic rings. The maximum Gasteiger partial charge on any atom is 0.135 e. The number of hydrogen-bond donors (Lipinski definition) is 2. The maximum atomic E-state index is 6.65. The van der Waals surface area contributed by atoms with Crippen LogP contribution in [0.15, 0.2) is 61.2 Å². The highest BCUT2D eigenvalue weighted by Gasteiger charge is 2.54. The van der Waals surface area contributed by atoms with Crippen LogP contribution >= 0.6 is 12.2 Å². The molecule has 0 aromatic heterocycles. The molecule has 34 heavy (non-hydrogen) atoms. The molecule has 2 N–H and O–H groups in total. The van der Waals surface area contributed by atoms with Crippen LogP contribution in [0.5, 0.6) is 11.5 Å². The molecule has 0 radical (unpaired) electrons. The predicted molar refractivity (Wildman–Crippen MR) is 146 cm³/mol. The van der Waals surface area contributed by atoms with Gasteiger partial charge in [-0.3, -0.25) is 0 Å². The first-order valence-corrected chi connectivity index (χ1v) is 12.4. The molecule has 0 amide bonds. The molecule has 4 nitrogen and oxygen atoms in total. The molecule has 0 saturated heterocycles. The Morgan fingerprint density at radius 1 is 0.912 bits per heavy atom. The SMILES string of the molecule is C=CCN1C(=S)c2ccccc2C12c1cc(C)c(NCC)cc1Oc1cc(NCC)c(C)cc12. The molecular weight excluding hydrogens is 438 g/mol. The molecule has 0 fully saturated rings. The first kappa shape index (κ1) is 22.5. The summed E-state index contributed by atoms with van der Waals surface area (Å²) in [6, 6.07) is 17.3. The van der Waals surface area contributed by atoms with Crippen molar-refractivity contribution in [1.29, 1.82) is 0 Å². The van der Waals surface area contributed by atoms with Crippen molar-refractivity contribution >= 4 is 28.6 Å². The van der Waals surface area contributed by atoms with E-state index in [1.54, 1.807) is 0 Å². The predicted octanol–water partition coefficient (Wildman–Crippen LogP) is 6.74. The van der Waals surface area contributed by atoms with Crippen molar-refractivity contribution in [1.82, 2.24) is 4.90 Å². The van der Waals surface area contributed by atoms with Gasteiger partial charge in [0.15, 0.2) is 0 Å². The summed E-state index contributed by atoms with van der Waals surface area (Å²) in [5.74, 6) is 1.71. The largest absolute Gasteiger partial charge is 0.456 e. The van der Waals surface area contributed by atoms with Gasteiger partial charge in [-0.1, -0.05) is 42.6 Å². The van der Waals surface area contributed by atoms with E-state index in [-0.39, 0.29) is 0 Å². The van der Waals surface area contributed by atoms with Gasteiger partial charge >= 0.3 is 0 Å². The van der Waals surface area contributed by atoms with Crippen LogP contribution < -0.4 is 15.4 Å². The number of ether oxygens (including phenoxy) is 1. The normalized spacial score (nSPS) is 14.8. The van der Waals surface area contributed by atoms with Gasteiger partial charge in [0, 0.05) is 59.8 Å². The van der Waals surface area contributed by atoms with E-state index >= 15 is 0 Å². The van der Waals surface area contributed by atoms with Crippen molar-refractivity contribution in [2.75, 3.05) is 30.3 Å². The second kappa shape index (κ2) is 8.48. The van der Waals surface area contributed by atoms with Gasteiger partial charge in [-0.2, -0.15) is 0 Å². The summed E-state index contributed by atoms with van der Waals surface area (Å²) in [6.07, 6.45) is 1.94. The van der Waals surface area contributed by atoms with E-state index in [0.717, 1.165) is 57.6 Å². The van der Waals surface area contributed by atoms with Crippen molar-refractivity contribution in [2.45, 2.75) is 33.2 Å². The summed E-state index contributed by atoms with van der Waals surface area (Å²) in [7, 11) is 0. The topological polar surface area (TPSA) is 36.5 Å². The molecule has 2 heterocycles. The Morgan fingerprint density at radius 3 is 2.00 bits per heavy atom. The Labute approximate surface area is 207 Å². The van der Waals surface area contributed by atoms with E-state index in [1.165, 1.54) is 16.7 Å². The zero-order chi connectivity index (χ0) is 24.0. The third-order valence-corrected chi connectivity index (χ3v) is 7.34. The van der Waals surface area contributed by atoms with Crippen LogP contribution in [0.25, 0.3) is 0 Å². The quantitative estimate of drug-likeness (QED) is 0.309. The monoisotopic (exact) mass is 469 g/mol. The van der Waals surface area contributed by atoms with Gasteiger partial charge in [-0.25, -0.2) is 0 Å². The van der Waals surface area contributed by atoms with Crippen molar-refractivity contribution in [2.24, 2.45) is 0 Å². The number of nitrogens with zero attached hydrogens (tertiary/aromatic N) is 1. The van der Waals surface area contributed by atoms with Crippen molar-refractivity contribution < 1.29 is 4.74 Å². The van der Waals surface area contributed by atoms with Crippen molar-refractivity contribution in [3.63, 3.8) is 0 Å². The van der Waals surface area contributed by atoms with Crippen LogP contribution in [0.1, 0.15) is 47.2 Å². The van der Waals surface area contributed by atoms with Gasteiger partial charge in [0.1, 0.15) is 22.0 Å². The first-order chi connectivity index (χ1) is 16.5. The number of benzene rings is 3. The smallest absolute Gasteiger partial charge is 0.135 e. The van der Waals surface area contributed by atoms with Gasteiger partial charge < -0.3 is 20.3 Å². The number of nitrogens with one attached hydrogen (secondary N) is 2. The lowest BCUT2D eigenvalue weighted by Crippen LogP contribution is -2.47. The van der Waals surface area contributed by atoms with Gasteiger partial charge in [0.25, 0.3) is 0 Å². The van der Waals surface area contributed by atoms with Crippen LogP contribution in [-0.4, -0.2) is 29.5 Å². The molecule has 0 bridgehead atoms. The Balaban J connectivity index is 1.90. The van der Waals surface area contributed by atoms with Crippen LogP contribution in [0.2, 0.25) is 0 Å². The Hall–Kier alpha value is -3.31. The summed E-state index contributed by atoms with van der Waals surface area (Å²) in [4.78, 5) is 3.16. The zero-order valence-corrected chi connectivity index (χ0v) is 21.1. The molecule has 2 aliphatic heterocycles. The number of fused-ring (bicyclic) bond motifs is 6. The minimum Gasteiger partial charge on any atom is -0.456 e. The number of anilines is 2. The molecule has 174 valence electrons. The first-order valence-electron chi connectivity index (χ1n) is 12.0. The molecule has 1 spiro atoms. The summed E-state index contributed by atoms with van der Waals surface area (Å²) in [5, 5.41) is 6.97. The second-order valence-corrected chi connectivity index (χ2v) is 9.34. The lowest BCUT2D eigenvalue weighted by atomic mass is 9.73.